The molecule has 2 aromatic rings. The van der Waals surface area contributed by atoms with Crippen LogP contribution < -0.4 is 10.2 Å². The van der Waals surface area contributed by atoms with Crippen LogP contribution in [0.2, 0.25) is 0 Å². The zero-order valence-corrected chi connectivity index (χ0v) is 12.8. The summed E-state index contributed by atoms with van der Waals surface area (Å²) in [5.74, 6) is 0.950. The molecule has 0 fully saturated rings. The fraction of sp³-hybridized carbons (Fsp3) is 0.235. The van der Waals surface area contributed by atoms with Crippen LogP contribution in [-0.4, -0.2) is 19.9 Å². The Hall–Kier alpha value is -2.49. The third-order valence-electron chi connectivity index (χ3n) is 3.06. The first-order chi connectivity index (χ1) is 9.95. The molecule has 4 nitrogen and oxygen atoms in total. The number of allylic oxidation sites excluding steroid dienone is 2. The number of carbonyl (C=O) groups is 1. The lowest BCUT2D eigenvalue weighted by Crippen LogP contribution is -2.08. The molecule has 1 aromatic carbocycles. The monoisotopic (exact) mass is 284 g/mol. The molecule has 0 aliphatic carbocycles. The smallest absolute Gasteiger partial charge is 0.222 e. The molecule has 0 aliphatic rings. The Kier molecular flexibility index (Phi) is 4.48. The van der Waals surface area contributed by atoms with Gasteiger partial charge in [-0.15, -0.1) is 0 Å². The maximum atomic E-state index is 12.0. The van der Waals surface area contributed by atoms with Crippen molar-refractivity contribution in [2.75, 3.05) is 24.3 Å². The molecule has 4 heteroatoms. The number of furan rings is 1. The lowest BCUT2D eigenvalue weighted by Gasteiger charge is -2.13. The first-order valence-electron chi connectivity index (χ1n) is 6.79. The minimum atomic E-state index is -0.141. The molecule has 21 heavy (non-hydrogen) atoms. The fourth-order valence-corrected chi connectivity index (χ4v) is 1.94. The van der Waals surface area contributed by atoms with E-state index in [4.69, 9.17) is 4.42 Å². The Morgan fingerprint density at radius 2 is 1.81 bits per heavy atom. The molecular formula is C17H20N2O2. The van der Waals surface area contributed by atoms with Gasteiger partial charge in [-0.3, -0.25) is 4.79 Å². The van der Waals surface area contributed by atoms with E-state index in [0.29, 0.717) is 5.76 Å². The SMILES string of the molecule is C/C(=C\C(=O)c1ccc(C)o1)Nc1ccc(N(C)C)cc1. The number of rotatable bonds is 5. The molecule has 0 saturated carbocycles. The number of carbonyl (C=O) groups excluding carboxylic acids is 1. The molecule has 0 radical (unpaired) electrons. The normalized spacial score (nSPS) is 11.3. The third-order valence-corrected chi connectivity index (χ3v) is 3.06. The zero-order valence-electron chi connectivity index (χ0n) is 12.8. The Morgan fingerprint density at radius 3 is 2.33 bits per heavy atom. The van der Waals surface area contributed by atoms with Crippen LogP contribution in [0.5, 0.6) is 0 Å². The average Bonchev–Trinajstić information content (AvgIpc) is 2.86. The van der Waals surface area contributed by atoms with Crippen molar-refractivity contribution in [1.82, 2.24) is 0 Å². The van der Waals surface area contributed by atoms with Gasteiger partial charge in [0, 0.05) is 37.2 Å². The first-order valence-corrected chi connectivity index (χ1v) is 6.79. The standard InChI is InChI=1S/C17H20N2O2/c1-12(11-16(20)17-10-5-13(2)21-17)18-14-6-8-15(9-7-14)19(3)4/h5-11,18H,1-4H3/b12-11+. The van der Waals surface area contributed by atoms with Crippen molar-refractivity contribution in [3.63, 3.8) is 0 Å². The van der Waals surface area contributed by atoms with Gasteiger partial charge in [0.05, 0.1) is 0 Å². The number of nitrogens with one attached hydrogen (secondary N) is 1. The molecular weight excluding hydrogens is 264 g/mol. The Balaban J connectivity index is 2.04. The van der Waals surface area contributed by atoms with Gasteiger partial charge in [0.15, 0.2) is 5.76 Å². The summed E-state index contributed by atoms with van der Waals surface area (Å²) < 4.78 is 5.31. The van der Waals surface area contributed by atoms with E-state index in [1.807, 2.05) is 57.1 Å². The van der Waals surface area contributed by atoms with Crippen molar-refractivity contribution in [3.8, 4) is 0 Å². The van der Waals surface area contributed by atoms with Crippen LogP contribution in [0.1, 0.15) is 23.2 Å². The van der Waals surface area contributed by atoms with E-state index in [9.17, 15) is 4.79 Å². The van der Waals surface area contributed by atoms with Crippen molar-refractivity contribution >= 4 is 17.2 Å². The minimum absolute atomic E-state index is 0.141. The van der Waals surface area contributed by atoms with Gasteiger partial charge in [-0.1, -0.05) is 0 Å². The van der Waals surface area contributed by atoms with Gasteiger partial charge in [0.1, 0.15) is 5.76 Å². The molecule has 0 saturated heterocycles. The zero-order chi connectivity index (χ0) is 15.4. The number of anilines is 2. The van der Waals surface area contributed by atoms with Crippen LogP contribution in [0, 0.1) is 6.92 Å². The molecule has 0 spiro atoms. The second-order valence-electron chi connectivity index (χ2n) is 5.17. The predicted molar refractivity (Wildman–Crippen MR) is 85.9 cm³/mol. The Morgan fingerprint density at radius 1 is 1.14 bits per heavy atom. The molecule has 0 unspecified atom stereocenters. The maximum absolute atomic E-state index is 12.0. The second-order valence-corrected chi connectivity index (χ2v) is 5.17. The van der Waals surface area contributed by atoms with Crippen LogP contribution in [0.4, 0.5) is 11.4 Å². The first kappa shape index (κ1) is 14.9. The van der Waals surface area contributed by atoms with Gasteiger partial charge in [-0.2, -0.15) is 0 Å². The molecule has 0 atom stereocenters. The lowest BCUT2D eigenvalue weighted by molar-refractivity contribution is 0.102. The number of benzene rings is 1. The number of aryl methyl sites for hydroxylation is 1. The summed E-state index contributed by atoms with van der Waals surface area (Å²) in [6.45, 7) is 3.67. The summed E-state index contributed by atoms with van der Waals surface area (Å²) in [5, 5.41) is 3.20. The molecule has 0 bridgehead atoms. The fourth-order valence-electron chi connectivity index (χ4n) is 1.94. The topological polar surface area (TPSA) is 45.5 Å². The molecule has 1 heterocycles. The maximum Gasteiger partial charge on any atom is 0.222 e. The highest BCUT2D eigenvalue weighted by molar-refractivity contribution is 6.03. The van der Waals surface area contributed by atoms with E-state index in [0.717, 1.165) is 22.8 Å². The van der Waals surface area contributed by atoms with Crippen LogP contribution >= 0.6 is 0 Å². The number of hydrogen-bond acceptors (Lipinski definition) is 4. The summed E-state index contributed by atoms with van der Waals surface area (Å²) >= 11 is 0. The summed E-state index contributed by atoms with van der Waals surface area (Å²) in [4.78, 5) is 14.0. The van der Waals surface area contributed by atoms with E-state index in [1.54, 1.807) is 12.1 Å². The largest absolute Gasteiger partial charge is 0.458 e. The summed E-state index contributed by atoms with van der Waals surface area (Å²) in [6, 6.07) is 11.5. The summed E-state index contributed by atoms with van der Waals surface area (Å²) in [5.41, 5.74) is 2.84. The summed E-state index contributed by atoms with van der Waals surface area (Å²) in [7, 11) is 4.00. The Labute approximate surface area is 125 Å². The molecule has 1 aromatic heterocycles. The second kappa shape index (κ2) is 6.31. The van der Waals surface area contributed by atoms with E-state index in [2.05, 4.69) is 5.32 Å². The number of hydrogen-bond donors (Lipinski definition) is 1. The van der Waals surface area contributed by atoms with Crippen molar-refractivity contribution < 1.29 is 9.21 Å². The van der Waals surface area contributed by atoms with E-state index in [1.165, 1.54) is 6.08 Å². The van der Waals surface area contributed by atoms with Gasteiger partial charge >= 0.3 is 0 Å². The van der Waals surface area contributed by atoms with Crippen molar-refractivity contribution in [2.24, 2.45) is 0 Å². The van der Waals surface area contributed by atoms with Crippen molar-refractivity contribution in [2.45, 2.75) is 13.8 Å². The van der Waals surface area contributed by atoms with Crippen molar-refractivity contribution in [1.29, 1.82) is 0 Å². The van der Waals surface area contributed by atoms with Gasteiger partial charge < -0.3 is 14.6 Å². The van der Waals surface area contributed by atoms with Crippen molar-refractivity contribution in [3.05, 3.63) is 59.7 Å². The van der Waals surface area contributed by atoms with Crippen LogP contribution in [0.3, 0.4) is 0 Å². The number of ketones is 1. The highest BCUT2D eigenvalue weighted by atomic mass is 16.3. The quantitative estimate of drug-likeness (QED) is 0.669. The van der Waals surface area contributed by atoms with Gasteiger partial charge in [0.2, 0.25) is 5.78 Å². The molecule has 0 amide bonds. The molecule has 2 rings (SSSR count). The predicted octanol–water partition coefficient (Wildman–Crippen LogP) is 3.85. The van der Waals surface area contributed by atoms with Crippen LogP contribution in [0.15, 0.2) is 52.6 Å². The highest BCUT2D eigenvalue weighted by Gasteiger charge is 2.07. The Bertz CT molecular complexity index is 652. The molecule has 1 N–H and O–H groups in total. The van der Waals surface area contributed by atoms with E-state index in [-0.39, 0.29) is 5.78 Å². The molecule has 0 aliphatic heterocycles. The summed E-state index contributed by atoms with van der Waals surface area (Å²) in [6.07, 6.45) is 1.54. The highest BCUT2D eigenvalue weighted by Crippen LogP contribution is 2.17. The van der Waals surface area contributed by atoms with Crippen LogP contribution in [0.25, 0.3) is 0 Å². The minimum Gasteiger partial charge on any atom is -0.458 e. The average molecular weight is 284 g/mol. The third kappa shape index (κ3) is 3.99. The van der Waals surface area contributed by atoms with E-state index < -0.39 is 0 Å². The van der Waals surface area contributed by atoms with E-state index >= 15 is 0 Å². The van der Waals surface area contributed by atoms with Crippen LogP contribution in [-0.2, 0) is 0 Å². The van der Waals surface area contributed by atoms with Gasteiger partial charge in [0.25, 0.3) is 0 Å². The number of nitrogens with zero attached hydrogens (tertiary/aromatic N) is 1. The van der Waals surface area contributed by atoms with Gasteiger partial charge in [-0.05, 0) is 50.2 Å². The van der Waals surface area contributed by atoms with Gasteiger partial charge in [-0.25, -0.2) is 0 Å². The molecule has 110 valence electrons. The lowest BCUT2D eigenvalue weighted by atomic mass is 10.2.